The van der Waals surface area contributed by atoms with E-state index in [0.29, 0.717) is 6.04 Å². The van der Waals surface area contributed by atoms with Crippen LogP contribution in [0, 0.1) is 6.92 Å². The number of para-hydroxylation sites is 2. The van der Waals surface area contributed by atoms with Crippen LogP contribution in [0.5, 0.6) is 0 Å². The SMILES string of the molecule is CCNC(=NCCCn1c(C)nc2ccccc21)NC(C)C. The summed E-state index contributed by atoms with van der Waals surface area (Å²) in [6.45, 7) is 11.0. The van der Waals surface area contributed by atoms with Crippen molar-refractivity contribution in [3.63, 3.8) is 0 Å². The van der Waals surface area contributed by atoms with Gasteiger partial charge in [0.25, 0.3) is 0 Å². The third-order valence-electron chi connectivity index (χ3n) is 3.42. The highest BCUT2D eigenvalue weighted by molar-refractivity contribution is 5.80. The molecule has 1 aromatic carbocycles. The van der Waals surface area contributed by atoms with Gasteiger partial charge >= 0.3 is 0 Å². The molecular formula is C17H27N5. The molecule has 0 aliphatic carbocycles. The van der Waals surface area contributed by atoms with E-state index in [0.717, 1.165) is 43.4 Å². The molecule has 0 bridgehead atoms. The van der Waals surface area contributed by atoms with Crippen molar-refractivity contribution in [3.05, 3.63) is 30.1 Å². The van der Waals surface area contributed by atoms with Crippen LogP contribution >= 0.6 is 0 Å². The summed E-state index contributed by atoms with van der Waals surface area (Å²) in [5.41, 5.74) is 2.27. The molecule has 5 nitrogen and oxygen atoms in total. The van der Waals surface area contributed by atoms with Gasteiger partial charge in [-0.1, -0.05) is 12.1 Å². The number of nitrogens with zero attached hydrogens (tertiary/aromatic N) is 3. The summed E-state index contributed by atoms with van der Waals surface area (Å²) in [5.74, 6) is 1.96. The number of aromatic nitrogens is 2. The molecule has 5 heteroatoms. The van der Waals surface area contributed by atoms with Crippen molar-refractivity contribution in [2.24, 2.45) is 4.99 Å². The molecule has 0 fully saturated rings. The smallest absolute Gasteiger partial charge is 0.191 e. The summed E-state index contributed by atoms with van der Waals surface area (Å²) in [7, 11) is 0. The lowest BCUT2D eigenvalue weighted by molar-refractivity contribution is 0.641. The summed E-state index contributed by atoms with van der Waals surface area (Å²) in [6.07, 6.45) is 0.996. The van der Waals surface area contributed by atoms with E-state index in [1.807, 2.05) is 6.07 Å². The molecule has 0 unspecified atom stereocenters. The molecule has 0 saturated carbocycles. The molecule has 0 aliphatic rings. The molecule has 0 saturated heterocycles. The average Bonchev–Trinajstić information content (AvgIpc) is 2.79. The highest BCUT2D eigenvalue weighted by atomic mass is 15.2. The Morgan fingerprint density at radius 3 is 2.82 bits per heavy atom. The van der Waals surface area contributed by atoms with E-state index in [1.165, 1.54) is 5.52 Å². The highest BCUT2D eigenvalue weighted by Crippen LogP contribution is 2.15. The Morgan fingerprint density at radius 2 is 2.09 bits per heavy atom. The van der Waals surface area contributed by atoms with E-state index in [-0.39, 0.29) is 0 Å². The van der Waals surface area contributed by atoms with Crippen LogP contribution in [0.15, 0.2) is 29.3 Å². The van der Waals surface area contributed by atoms with Gasteiger partial charge in [0.2, 0.25) is 0 Å². The summed E-state index contributed by atoms with van der Waals surface area (Å²) < 4.78 is 2.27. The predicted molar refractivity (Wildman–Crippen MR) is 93.3 cm³/mol. The number of nitrogens with one attached hydrogen (secondary N) is 2. The lowest BCUT2D eigenvalue weighted by atomic mass is 10.3. The highest BCUT2D eigenvalue weighted by Gasteiger charge is 2.06. The second kappa shape index (κ2) is 7.82. The van der Waals surface area contributed by atoms with Gasteiger partial charge in [-0.3, -0.25) is 4.99 Å². The number of imidazole rings is 1. The molecule has 2 N–H and O–H groups in total. The predicted octanol–water partition coefficient (Wildman–Crippen LogP) is 2.70. The lowest BCUT2D eigenvalue weighted by Crippen LogP contribution is -2.41. The van der Waals surface area contributed by atoms with Gasteiger partial charge in [-0.2, -0.15) is 0 Å². The van der Waals surface area contributed by atoms with Crippen LogP contribution in [-0.4, -0.2) is 34.6 Å². The molecule has 1 heterocycles. The van der Waals surface area contributed by atoms with Gasteiger partial charge in [0.15, 0.2) is 5.96 Å². The fourth-order valence-electron chi connectivity index (χ4n) is 2.49. The van der Waals surface area contributed by atoms with Gasteiger partial charge < -0.3 is 15.2 Å². The second-order valence-corrected chi connectivity index (χ2v) is 5.71. The Balaban J connectivity index is 1.96. The minimum absolute atomic E-state index is 0.387. The lowest BCUT2D eigenvalue weighted by Gasteiger charge is -2.14. The summed E-state index contributed by atoms with van der Waals surface area (Å²) in [4.78, 5) is 9.22. The van der Waals surface area contributed by atoms with E-state index < -0.39 is 0 Å². The second-order valence-electron chi connectivity index (χ2n) is 5.71. The van der Waals surface area contributed by atoms with Crippen molar-refractivity contribution in [2.75, 3.05) is 13.1 Å². The van der Waals surface area contributed by atoms with Gasteiger partial charge in [0, 0.05) is 25.7 Å². The number of hydrogen-bond acceptors (Lipinski definition) is 2. The van der Waals surface area contributed by atoms with Crippen LogP contribution in [0.2, 0.25) is 0 Å². The topological polar surface area (TPSA) is 54.2 Å². The molecule has 0 amide bonds. The maximum absolute atomic E-state index is 4.62. The van der Waals surface area contributed by atoms with E-state index >= 15 is 0 Å². The zero-order valence-electron chi connectivity index (χ0n) is 14.1. The Morgan fingerprint density at radius 1 is 1.32 bits per heavy atom. The molecule has 22 heavy (non-hydrogen) atoms. The van der Waals surface area contributed by atoms with Crippen LogP contribution < -0.4 is 10.6 Å². The van der Waals surface area contributed by atoms with Crippen molar-refractivity contribution in [3.8, 4) is 0 Å². The van der Waals surface area contributed by atoms with E-state index in [9.17, 15) is 0 Å². The van der Waals surface area contributed by atoms with Gasteiger partial charge in [0.05, 0.1) is 11.0 Å². The number of fused-ring (bicyclic) bond motifs is 1. The quantitative estimate of drug-likeness (QED) is 0.490. The molecule has 2 aromatic rings. The Kier molecular flexibility index (Phi) is 5.81. The first-order valence-electron chi connectivity index (χ1n) is 8.08. The van der Waals surface area contributed by atoms with Gasteiger partial charge in [-0.05, 0) is 46.2 Å². The number of aliphatic imine (C=N–C) groups is 1. The average molecular weight is 301 g/mol. The summed E-state index contributed by atoms with van der Waals surface area (Å²) in [6, 6.07) is 8.67. The van der Waals surface area contributed by atoms with Crippen molar-refractivity contribution in [2.45, 2.75) is 46.7 Å². The first kappa shape index (κ1) is 16.3. The van der Waals surface area contributed by atoms with E-state index in [2.05, 4.69) is 71.1 Å². The third-order valence-corrected chi connectivity index (χ3v) is 3.42. The third kappa shape index (κ3) is 4.23. The monoisotopic (exact) mass is 301 g/mol. The van der Waals surface area contributed by atoms with Crippen molar-refractivity contribution < 1.29 is 0 Å². The molecule has 0 radical (unpaired) electrons. The van der Waals surface area contributed by atoms with Crippen LogP contribution in [0.25, 0.3) is 11.0 Å². The Hall–Kier alpha value is -2.04. The standard InChI is InChI=1S/C17H27N5/c1-5-18-17(20-13(2)3)19-11-8-12-22-14(4)21-15-9-6-7-10-16(15)22/h6-7,9-10,13H,5,8,11-12H2,1-4H3,(H2,18,19,20). The van der Waals surface area contributed by atoms with Crippen LogP contribution in [0.4, 0.5) is 0 Å². The zero-order valence-corrected chi connectivity index (χ0v) is 14.1. The first-order valence-corrected chi connectivity index (χ1v) is 8.08. The largest absolute Gasteiger partial charge is 0.357 e. The van der Waals surface area contributed by atoms with Gasteiger partial charge in [0.1, 0.15) is 5.82 Å². The van der Waals surface area contributed by atoms with Crippen LogP contribution in [0.1, 0.15) is 33.0 Å². The zero-order chi connectivity index (χ0) is 15.9. The summed E-state index contributed by atoms with van der Waals surface area (Å²) >= 11 is 0. The van der Waals surface area contributed by atoms with E-state index in [1.54, 1.807) is 0 Å². The van der Waals surface area contributed by atoms with Crippen LogP contribution in [0.3, 0.4) is 0 Å². The van der Waals surface area contributed by atoms with Crippen molar-refractivity contribution in [1.29, 1.82) is 0 Å². The van der Waals surface area contributed by atoms with Gasteiger partial charge in [-0.25, -0.2) is 4.98 Å². The first-order chi connectivity index (χ1) is 10.6. The summed E-state index contributed by atoms with van der Waals surface area (Å²) in [5, 5.41) is 6.60. The molecular weight excluding hydrogens is 274 g/mol. The fraction of sp³-hybridized carbons (Fsp3) is 0.529. The van der Waals surface area contributed by atoms with Crippen molar-refractivity contribution >= 4 is 17.0 Å². The number of hydrogen-bond donors (Lipinski definition) is 2. The number of rotatable bonds is 6. The minimum atomic E-state index is 0.387. The molecule has 1 aromatic heterocycles. The molecule has 0 spiro atoms. The molecule has 2 rings (SSSR count). The van der Waals surface area contributed by atoms with Crippen molar-refractivity contribution in [1.82, 2.24) is 20.2 Å². The van der Waals surface area contributed by atoms with E-state index in [4.69, 9.17) is 0 Å². The number of guanidine groups is 1. The Bertz CT molecular complexity index is 627. The Labute approximate surface area is 132 Å². The molecule has 0 aliphatic heterocycles. The maximum Gasteiger partial charge on any atom is 0.191 e. The van der Waals surface area contributed by atoms with Gasteiger partial charge in [-0.15, -0.1) is 0 Å². The maximum atomic E-state index is 4.62. The fourth-order valence-corrected chi connectivity index (χ4v) is 2.49. The van der Waals surface area contributed by atoms with Crippen LogP contribution in [-0.2, 0) is 6.54 Å². The molecule has 120 valence electrons. The minimum Gasteiger partial charge on any atom is -0.357 e. The number of benzene rings is 1. The number of aryl methyl sites for hydroxylation is 2. The normalized spacial score (nSPS) is 12.1. The molecule has 0 atom stereocenters.